The van der Waals surface area contributed by atoms with Gasteiger partial charge in [-0.05, 0) is 49.7 Å². The molecule has 0 unspecified atom stereocenters. The first kappa shape index (κ1) is 31.2. The molecule has 2 saturated heterocycles. The van der Waals surface area contributed by atoms with Crippen LogP contribution < -0.4 is 4.74 Å². The standard InChI is InChI=1S/C32H39F5O5/c1-2-3-4-5-20-6-8-21(9-7-20)23-16-38-31(39-17-23)24-18-40-30(41-19-24)22-10-12-25(13-11-22)32(36,37)42-26-14-27(33)29(35)28(34)15-26/h6-9,14-15,22-25,30-31H,2-5,10-13,16-19H2,1H3. The molecule has 42 heavy (non-hydrogen) atoms. The van der Waals surface area contributed by atoms with Gasteiger partial charge >= 0.3 is 6.11 Å². The van der Waals surface area contributed by atoms with Gasteiger partial charge in [-0.25, -0.2) is 13.2 Å². The molecule has 10 heteroatoms. The highest BCUT2D eigenvalue weighted by Gasteiger charge is 2.46. The van der Waals surface area contributed by atoms with E-state index in [0.29, 0.717) is 51.4 Å². The summed E-state index contributed by atoms with van der Waals surface area (Å²) in [5.74, 6) is -6.79. The van der Waals surface area contributed by atoms with Crippen LogP contribution in [0.25, 0.3) is 0 Å². The van der Waals surface area contributed by atoms with Gasteiger partial charge in [0.1, 0.15) is 5.75 Å². The van der Waals surface area contributed by atoms with Gasteiger partial charge in [-0.15, -0.1) is 0 Å². The highest BCUT2D eigenvalue weighted by atomic mass is 19.3. The van der Waals surface area contributed by atoms with E-state index in [0.717, 1.165) is 6.42 Å². The van der Waals surface area contributed by atoms with Crippen molar-refractivity contribution in [3.05, 3.63) is 65.0 Å². The predicted molar refractivity (Wildman–Crippen MR) is 145 cm³/mol. The molecule has 2 heterocycles. The third-order valence-corrected chi connectivity index (χ3v) is 8.62. The Hall–Kier alpha value is -2.27. The lowest BCUT2D eigenvalue weighted by Crippen LogP contribution is -2.46. The molecule has 0 N–H and O–H groups in total. The molecule has 2 aromatic carbocycles. The molecule has 5 nitrogen and oxygen atoms in total. The summed E-state index contributed by atoms with van der Waals surface area (Å²) in [6.45, 7) is 4.07. The minimum atomic E-state index is -3.66. The van der Waals surface area contributed by atoms with Crippen LogP contribution in [-0.2, 0) is 25.4 Å². The Morgan fingerprint density at radius 3 is 1.93 bits per heavy atom. The van der Waals surface area contributed by atoms with E-state index in [4.69, 9.17) is 18.9 Å². The lowest BCUT2D eigenvalue weighted by Gasteiger charge is -2.41. The van der Waals surface area contributed by atoms with Gasteiger partial charge in [-0.3, -0.25) is 0 Å². The van der Waals surface area contributed by atoms with Crippen molar-refractivity contribution in [1.82, 2.24) is 0 Å². The molecule has 0 aromatic heterocycles. The molecule has 232 valence electrons. The van der Waals surface area contributed by atoms with E-state index < -0.39 is 47.8 Å². The maximum Gasteiger partial charge on any atom is 0.400 e. The van der Waals surface area contributed by atoms with Crippen LogP contribution in [0.3, 0.4) is 0 Å². The first-order valence-corrected chi connectivity index (χ1v) is 15.0. The molecule has 0 radical (unpaired) electrons. The highest BCUT2D eigenvalue weighted by Crippen LogP contribution is 2.42. The van der Waals surface area contributed by atoms with Crippen molar-refractivity contribution in [3.63, 3.8) is 0 Å². The summed E-state index contributed by atoms with van der Waals surface area (Å²) < 4.78 is 98.1. The lowest BCUT2D eigenvalue weighted by molar-refractivity contribution is -0.289. The van der Waals surface area contributed by atoms with Gasteiger partial charge in [-0.2, -0.15) is 8.78 Å². The van der Waals surface area contributed by atoms with Crippen LogP contribution in [-0.4, -0.2) is 45.1 Å². The zero-order chi connectivity index (χ0) is 29.7. The highest BCUT2D eigenvalue weighted by molar-refractivity contribution is 5.26. The van der Waals surface area contributed by atoms with E-state index in [1.165, 1.54) is 30.4 Å². The number of rotatable bonds is 10. The average Bonchev–Trinajstić information content (AvgIpc) is 3.00. The maximum atomic E-state index is 14.7. The Morgan fingerprint density at radius 2 is 1.33 bits per heavy atom. The van der Waals surface area contributed by atoms with E-state index in [9.17, 15) is 22.0 Å². The molecule has 1 saturated carbocycles. The third kappa shape index (κ3) is 7.62. The number of hydrogen-bond acceptors (Lipinski definition) is 5. The van der Waals surface area contributed by atoms with Crippen molar-refractivity contribution in [2.45, 2.75) is 82.9 Å². The van der Waals surface area contributed by atoms with E-state index >= 15 is 0 Å². The summed E-state index contributed by atoms with van der Waals surface area (Å²) in [4.78, 5) is 0. The van der Waals surface area contributed by atoms with Crippen LogP contribution in [0.4, 0.5) is 22.0 Å². The molecule has 2 aromatic rings. The number of benzene rings is 2. The minimum Gasteiger partial charge on any atom is -0.432 e. The lowest BCUT2D eigenvalue weighted by atomic mass is 9.80. The molecule has 0 amide bonds. The average molecular weight is 599 g/mol. The Kier molecular flexibility index (Phi) is 10.4. The number of ether oxygens (including phenoxy) is 5. The Morgan fingerprint density at radius 1 is 0.762 bits per heavy atom. The van der Waals surface area contributed by atoms with E-state index in [1.807, 2.05) is 0 Å². The normalized spacial score (nSPS) is 28.9. The zero-order valence-electron chi connectivity index (χ0n) is 23.8. The fourth-order valence-electron chi connectivity index (χ4n) is 6.04. The van der Waals surface area contributed by atoms with Crippen LogP contribution in [0.2, 0.25) is 0 Å². The fourth-order valence-corrected chi connectivity index (χ4v) is 6.04. The smallest absolute Gasteiger partial charge is 0.400 e. The Balaban J connectivity index is 1.03. The molecular formula is C32H39F5O5. The summed E-state index contributed by atoms with van der Waals surface area (Å²) in [7, 11) is 0. The molecule has 1 aliphatic carbocycles. The first-order chi connectivity index (χ1) is 20.2. The number of hydrogen-bond donors (Lipinski definition) is 0. The number of aryl methyl sites for hydroxylation is 1. The van der Waals surface area contributed by atoms with Crippen LogP contribution in [0, 0.1) is 35.2 Å². The first-order valence-electron chi connectivity index (χ1n) is 15.0. The molecule has 0 bridgehead atoms. The predicted octanol–water partition coefficient (Wildman–Crippen LogP) is 7.76. The van der Waals surface area contributed by atoms with Gasteiger partial charge in [0, 0.05) is 24.0 Å². The summed E-state index contributed by atoms with van der Waals surface area (Å²) >= 11 is 0. The van der Waals surface area contributed by atoms with Gasteiger partial charge < -0.3 is 23.7 Å². The Bertz CT molecular complexity index is 1120. The summed E-state index contributed by atoms with van der Waals surface area (Å²) in [5, 5.41) is 0. The Labute approximate surface area is 243 Å². The number of halogens is 5. The SMILES string of the molecule is CCCCCc1ccc(C2COC(C3COC(C4CCC(C(F)(F)Oc5cc(F)c(F)c(F)c5)CC4)OC3)OC2)cc1. The van der Waals surface area contributed by atoms with E-state index in [2.05, 4.69) is 35.9 Å². The second kappa shape index (κ2) is 14.0. The van der Waals surface area contributed by atoms with Crippen LogP contribution in [0.1, 0.15) is 68.9 Å². The van der Waals surface area contributed by atoms with Crippen LogP contribution in [0.15, 0.2) is 36.4 Å². The monoisotopic (exact) mass is 598 g/mol. The van der Waals surface area contributed by atoms with Crippen molar-refractivity contribution < 1.29 is 45.6 Å². The van der Waals surface area contributed by atoms with Crippen molar-refractivity contribution in [3.8, 4) is 5.75 Å². The molecule has 0 atom stereocenters. The molecule has 3 fully saturated rings. The van der Waals surface area contributed by atoms with E-state index in [-0.39, 0.29) is 30.6 Å². The second-order valence-corrected chi connectivity index (χ2v) is 11.7. The van der Waals surface area contributed by atoms with Gasteiger partial charge in [0.15, 0.2) is 30.0 Å². The summed E-state index contributed by atoms with van der Waals surface area (Å²) in [5.41, 5.74) is 2.55. The largest absolute Gasteiger partial charge is 0.432 e. The van der Waals surface area contributed by atoms with Crippen molar-refractivity contribution in [2.24, 2.45) is 17.8 Å². The number of unbranched alkanes of at least 4 members (excludes halogenated alkanes) is 2. The second-order valence-electron chi connectivity index (χ2n) is 11.7. The van der Waals surface area contributed by atoms with Gasteiger partial charge in [0.05, 0.1) is 38.3 Å². The topological polar surface area (TPSA) is 46.2 Å². The van der Waals surface area contributed by atoms with Gasteiger partial charge in [-0.1, -0.05) is 44.0 Å². The van der Waals surface area contributed by atoms with E-state index in [1.54, 1.807) is 0 Å². The van der Waals surface area contributed by atoms with Crippen molar-refractivity contribution >= 4 is 0 Å². The third-order valence-electron chi connectivity index (χ3n) is 8.62. The van der Waals surface area contributed by atoms with Gasteiger partial charge in [0.25, 0.3) is 0 Å². The van der Waals surface area contributed by atoms with Gasteiger partial charge in [0.2, 0.25) is 0 Å². The van der Waals surface area contributed by atoms with Crippen LogP contribution in [0.5, 0.6) is 5.75 Å². The minimum absolute atomic E-state index is 0.0683. The molecular weight excluding hydrogens is 559 g/mol. The fraction of sp³-hybridized carbons (Fsp3) is 0.625. The zero-order valence-corrected chi connectivity index (χ0v) is 23.8. The molecule has 0 spiro atoms. The molecule has 3 aliphatic rings. The van der Waals surface area contributed by atoms with Crippen molar-refractivity contribution in [2.75, 3.05) is 26.4 Å². The quantitative estimate of drug-likeness (QED) is 0.159. The summed E-state index contributed by atoms with van der Waals surface area (Å²) in [6, 6.07) is 9.55. The maximum absolute atomic E-state index is 14.7. The molecule has 2 aliphatic heterocycles. The van der Waals surface area contributed by atoms with Crippen molar-refractivity contribution in [1.29, 1.82) is 0 Å². The molecule has 5 rings (SSSR count). The summed E-state index contributed by atoms with van der Waals surface area (Å²) in [6.07, 6.45) is 1.23. The van der Waals surface area contributed by atoms with Crippen LogP contribution >= 0.6 is 0 Å². The number of alkyl halides is 2.